The molecule has 0 saturated carbocycles. The summed E-state index contributed by atoms with van der Waals surface area (Å²) in [5, 5.41) is 2.50. The third-order valence-electron chi connectivity index (χ3n) is 4.78. The molecule has 0 bridgehead atoms. The number of amides is 1. The van der Waals surface area contributed by atoms with Gasteiger partial charge in [0.15, 0.2) is 0 Å². The van der Waals surface area contributed by atoms with Crippen molar-refractivity contribution in [1.82, 2.24) is 4.31 Å². The van der Waals surface area contributed by atoms with Gasteiger partial charge >= 0.3 is 6.18 Å². The molecule has 3 aromatic carbocycles. The summed E-state index contributed by atoms with van der Waals surface area (Å²) in [6.07, 6.45) is -4.94. The zero-order valence-corrected chi connectivity index (χ0v) is 18.7. The number of nitrogens with one attached hydrogen (secondary N) is 1. The lowest BCUT2D eigenvalue weighted by atomic mass is 10.2. The molecule has 0 spiro atoms. The lowest BCUT2D eigenvalue weighted by Crippen LogP contribution is -2.38. The van der Waals surface area contributed by atoms with E-state index in [0.717, 1.165) is 30.3 Å². The van der Waals surface area contributed by atoms with Crippen LogP contribution in [0.5, 0.6) is 5.75 Å². The zero-order chi connectivity index (χ0) is 24.9. The number of hydrogen-bond donors (Lipinski definition) is 1. The van der Waals surface area contributed by atoms with Crippen LogP contribution in [0.3, 0.4) is 0 Å². The van der Waals surface area contributed by atoms with Crippen molar-refractivity contribution in [2.75, 3.05) is 19.0 Å². The fourth-order valence-corrected chi connectivity index (χ4v) is 4.78. The molecular weight excluding hydrogens is 476 g/mol. The Bertz CT molecular complexity index is 1260. The number of nitrogens with zero attached hydrogens (tertiary/aromatic N) is 1. The molecule has 180 valence electrons. The van der Waals surface area contributed by atoms with E-state index in [1.807, 2.05) is 0 Å². The summed E-state index contributed by atoms with van der Waals surface area (Å²) >= 11 is 0. The van der Waals surface area contributed by atoms with Gasteiger partial charge in [-0.3, -0.25) is 4.79 Å². The number of benzene rings is 3. The van der Waals surface area contributed by atoms with Crippen LogP contribution in [-0.2, 0) is 27.5 Å². The summed E-state index contributed by atoms with van der Waals surface area (Å²) in [6.45, 7) is -1.27. The van der Waals surface area contributed by atoms with E-state index >= 15 is 0 Å². The molecule has 0 fully saturated rings. The van der Waals surface area contributed by atoms with Gasteiger partial charge in [-0.05, 0) is 42.0 Å². The van der Waals surface area contributed by atoms with Crippen molar-refractivity contribution in [2.24, 2.45) is 0 Å². The molecule has 0 aromatic heterocycles. The Morgan fingerprint density at radius 1 is 0.971 bits per heavy atom. The number of ether oxygens (including phenoxy) is 1. The quantitative estimate of drug-likeness (QED) is 0.460. The summed E-state index contributed by atoms with van der Waals surface area (Å²) in [4.78, 5) is 11.7. The number of hydrogen-bond acceptors (Lipinski definition) is 4. The van der Waals surface area contributed by atoms with Gasteiger partial charge in [-0.1, -0.05) is 36.4 Å². The number of methoxy groups -OCH3 is 1. The third kappa shape index (κ3) is 5.91. The summed E-state index contributed by atoms with van der Waals surface area (Å²) in [5.74, 6) is -1.07. The summed E-state index contributed by atoms with van der Waals surface area (Å²) in [5.41, 5.74) is -0.825. The minimum atomic E-state index is -4.94. The molecule has 0 aliphatic heterocycles. The van der Waals surface area contributed by atoms with E-state index in [-0.39, 0.29) is 11.3 Å². The molecule has 0 heterocycles. The molecule has 1 amide bonds. The summed E-state index contributed by atoms with van der Waals surface area (Å²) < 4.78 is 86.3. The van der Waals surface area contributed by atoms with Gasteiger partial charge in [-0.25, -0.2) is 12.8 Å². The second-order valence-electron chi connectivity index (χ2n) is 7.14. The van der Waals surface area contributed by atoms with Crippen molar-refractivity contribution in [3.05, 3.63) is 89.7 Å². The number of halogens is 4. The van der Waals surface area contributed by atoms with Crippen LogP contribution in [-0.4, -0.2) is 32.3 Å². The highest BCUT2D eigenvalue weighted by atomic mass is 32.2. The minimum Gasteiger partial charge on any atom is -0.495 e. The zero-order valence-electron chi connectivity index (χ0n) is 17.8. The highest BCUT2D eigenvalue weighted by Crippen LogP contribution is 2.35. The maximum atomic E-state index is 13.5. The Balaban J connectivity index is 1.98. The number of anilines is 1. The maximum absolute atomic E-state index is 13.5. The Kier molecular flexibility index (Phi) is 7.57. The monoisotopic (exact) mass is 496 g/mol. The Hall–Kier alpha value is -3.44. The molecular formula is C23H20F4N2O4S. The lowest BCUT2D eigenvalue weighted by Gasteiger charge is -2.24. The van der Waals surface area contributed by atoms with Crippen LogP contribution in [0.4, 0.5) is 23.2 Å². The summed E-state index contributed by atoms with van der Waals surface area (Å²) in [6, 6.07) is 14.8. The molecule has 0 radical (unpaired) electrons. The van der Waals surface area contributed by atoms with Crippen molar-refractivity contribution in [3.8, 4) is 5.75 Å². The van der Waals surface area contributed by atoms with Gasteiger partial charge in [-0.2, -0.15) is 17.5 Å². The van der Waals surface area contributed by atoms with Gasteiger partial charge in [0.1, 0.15) is 11.6 Å². The molecule has 34 heavy (non-hydrogen) atoms. The smallest absolute Gasteiger partial charge is 0.417 e. The molecule has 0 aliphatic carbocycles. The van der Waals surface area contributed by atoms with Crippen LogP contribution in [0.2, 0.25) is 0 Å². The molecule has 0 unspecified atom stereocenters. The minimum absolute atomic E-state index is 0.254. The van der Waals surface area contributed by atoms with Crippen molar-refractivity contribution in [1.29, 1.82) is 0 Å². The molecule has 3 aromatic rings. The topological polar surface area (TPSA) is 75.7 Å². The van der Waals surface area contributed by atoms with Crippen molar-refractivity contribution >= 4 is 21.6 Å². The second kappa shape index (κ2) is 10.2. The first kappa shape index (κ1) is 25.2. The normalized spacial score (nSPS) is 11.9. The van der Waals surface area contributed by atoms with Crippen LogP contribution in [0.25, 0.3) is 0 Å². The number of para-hydroxylation sites is 2. The third-order valence-corrected chi connectivity index (χ3v) is 6.63. The van der Waals surface area contributed by atoms with Gasteiger partial charge in [0.25, 0.3) is 0 Å². The maximum Gasteiger partial charge on any atom is 0.417 e. The van der Waals surface area contributed by atoms with E-state index < -0.39 is 51.5 Å². The first-order chi connectivity index (χ1) is 16.0. The van der Waals surface area contributed by atoms with Gasteiger partial charge in [0, 0.05) is 6.54 Å². The molecule has 3 rings (SSSR count). The van der Waals surface area contributed by atoms with Gasteiger partial charge in [0.05, 0.1) is 29.8 Å². The average Bonchev–Trinajstić information content (AvgIpc) is 2.80. The van der Waals surface area contributed by atoms with Crippen LogP contribution >= 0.6 is 0 Å². The Labute approximate surface area is 193 Å². The largest absolute Gasteiger partial charge is 0.495 e. The second-order valence-corrected chi connectivity index (χ2v) is 9.05. The molecule has 0 atom stereocenters. The van der Waals surface area contributed by atoms with E-state index in [4.69, 9.17) is 4.74 Å². The van der Waals surface area contributed by atoms with E-state index in [1.54, 1.807) is 18.2 Å². The highest BCUT2D eigenvalue weighted by Gasteiger charge is 2.39. The van der Waals surface area contributed by atoms with Crippen LogP contribution in [0, 0.1) is 5.82 Å². The molecule has 0 aliphatic rings. The van der Waals surface area contributed by atoms with Crippen molar-refractivity contribution in [3.63, 3.8) is 0 Å². The van der Waals surface area contributed by atoms with E-state index in [1.165, 1.54) is 25.3 Å². The first-order valence-corrected chi connectivity index (χ1v) is 11.3. The highest BCUT2D eigenvalue weighted by molar-refractivity contribution is 7.89. The van der Waals surface area contributed by atoms with Crippen LogP contribution < -0.4 is 10.1 Å². The Morgan fingerprint density at radius 3 is 2.24 bits per heavy atom. The fraction of sp³-hybridized carbons (Fsp3) is 0.174. The van der Waals surface area contributed by atoms with E-state index in [2.05, 4.69) is 5.32 Å². The Morgan fingerprint density at radius 2 is 1.59 bits per heavy atom. The molecule has 11 heteroatoms. The number of carbonyl (C=O) groups excluding carboxylic acids is 1. The lowest BCUT2D eigenvalue weighted by molar-refractivity contribution is -0.139. The molecule has 6 nitrogen and oxygen atoms in total. The van der Waals surface area contributed by atoms with E-state index in [9.17, 15) is 30.8 Å². The molecule has 0 saturated heterocycles. The van der Waals surface area contributed by atoms with Crippen LogP contribution in [0.15, 0.2) is 77.7 Å². The molecule has 1 N–H and O–H groups in total. The van der Waals surface area contributed by atoms with Crippen molar-refractivity contribution < 1.29 is 35.5 Å². The summed E-state index contributed by atoms with van der Waals surface area (Å²) in [7, 11) is -3.42. The van der Waals surface area contributed by atoms with Crippen LogP contribution in [0.1, 0.15) is 11.1 Å². The first-order valence-electron chi connectivity index (χ1n) is 9.86. The van der Waals surface area contributed by atoms with E-state index in [0.29, 0.717) is 16.1 Å². The number of carbonyl (C=O) groups is 1. The number of sulfonamides is 1. The van der Waals surface area contributed by atoms with Gasteiger partial charge in [0.2, 0.25) is 15.9 Å². The number of rotatable bonds is 8. The fourth-order valence-electron chi connectivity index (χ4n) is 3.18. The van der Waals surface area contributed by atoms with Gasteiger partial charge < -0.3 is 10.1 Å². The van der Waals surface area contributed by atoms with Crippen molar-refractivity contribution in [2.45, 2.75) is 17.6 Å². The number of alkyl halides is 3. The average molecular weight is 496 g/mol. The van der Waals surface area contributed by atoms with Gasteiger partial charge in [-0.15, -0.1) is 0 Å². The SMILES string of the molecule is COc1ccccc1NC(=O)CN(Cc1ccc(F)cc1)S(=O)(=O)c1ccccc1C(F)(F)F. The standard InChI is InChI=1S/C23H20F4N2O4S/c1-33-20-8-4-3-7-19(20)28-22(30)15-29(14-16-10-12-17(24)13-11-16)34(31,32)21-9-5-2-6-18(21)23(25,26)27/h2-13H,14-15H2,1H3,(H,28,30). The predicted molar refractivity (Wildman–Crippen MR) is 117 cm³/mol. The predicted octanol–water partition coefficient (Wildman–Crippen LogP) is 4.68.